The van der Waals surface area contributed by atoms with Crippen LogP contribution in [0.4, 0.5) is 0 Å². The lowest BCUT2D eigenvalue weighted by Gasteiger charge is -2.43. The topological polar surface area (TPSA) is 20.2 Å². The van der Waals surface area contributed by atoms with Crippen molar-refractivity contribution in [1.82, 2.24) is 0 Å². The number of hydrogen-bond donors (Lipinski definition) is 1. The van der Waals surface area contributed by atoms with Crippen LogP contribution in [0.1, 0.15) is 53.4 Å². The van der Waals surface area contributed by atoms with Crippen LogP contribution < -0.4 is 0 Å². The SMILES string of the molecule is CCC(O)(CC)C(P)(CC)CC. The van der Waals surface area contributed by atoms with E-state index in [0.29, 0.717) is 0 Å². The van der Waals surface area contributed by atoms with E-state index in [2.05, 4.69) is 36.9 Å². The van der Waals surface area contributed by atoms with Crippen LogP contribution in [0.25, 0.3) is 0 Å². The Morgan fingerprint density at radius 2 is 1.25 bits per heavy atom. The van der Waals surface area contributed by atoms with Crippen molar-refractivity contribution in [2.75, 3.05) is 0 Å². The Bertz CT molecular complexity index is 110. The van der Waals surface area contributed by atoms with E-state index < -0.39 is 5.60 Å². The Balaban J connectivity index is 4.66. The van der Waals surface area contributed by atoms with Crippen molar-refractivity contribution in [2.24, 2.45) is 0 Å². The lowest BCUT2D eigenvalue weighted by Crippen LogP contribution is -2.48. The molecule has 0 heterocycles. The molecule has 0 fully saturated rings. The highest BCUT2D eigenvalue weighted by Gasteiger charge is 2.41. The average molecular weight is 190 g/mol. The van der Waals surface area contributed by atoms with E-state index in [1.54, 1.807) is 0 Å². The molecule has 0 aromatic rings. The first-order chi connectivity index (χ1) is 5.49. The van der Waals surface area contributed by atoms with E-state index >= 15 is 0 Å². The number of aliphatic hydroxyl groups is 1. The molecule has 74 valence electrons. The molecule has 0 aromatic heterocycles. The Labute approximate surface area is 79.1 Å². The van der Waals surface area contributed by atoms with Crippen molar-refractivity contribution in [3.8, 4) is 0 Å². The third-order valence-electron chi connectivity index (χ3n) is 3.36. The fourth-order valence-corrected chi connectivity index (χ4v) is 2.27. The van der Waals surface area contributed by atoms with E-state index in [9.17, 15) is 5.11 Å². The molecule has 1 nitrogen and oxygen atoms in total. The maximum atomic E-state index is 10.3. The smallest absolute Gasteiger partial charge is 0.0732 e. The highest BCUT2D eigenvalue weighted by atomic mass is 31.0. The second-order valence-corrected chi connectivity index (χ2v) is 4.71. The van der Waals surface area contributed by atoms with Gasteiger partial charge < -0.3 is 5.11 Å². The van der Waals surface area contributed by atoms with E-state index in [4.69, 9.17) is 0 Å². The van der Waals surface area contributed by atoms with Gasteiger partial charge in [0, 0.05) is 5.16 Å². The number of rotatable bonds is 5. The number of hydrogen-bond acceptors (Lipinski definition) is 1. The zero-order valence-corrected chi connectivity index (χ0v) is 10.0. The van der Waals surface area contributed by atoms with Gasteiger partial charge in [-0.05, 0) is 25.7 Å². The summed E-state index contributed by atoms with van der Waals surface area (Å²) in [6.07, 6.45) is 3.72. The summed E-state index contributed by atoms with van der Waals surface area (Å²) in [5.41, 5.74) is -0.499. The van der Waals surface area contributed by atoms with Gasteiger partial charge in [-0.25, -0.2) is 0 Å². The van der Waals surface area contributed by atoms with Gasteiger partial charge in [-0.15, -0.1) is 9.24 Å². The molecule has 0 aliphatic carbocycles. The molecule has 12 heavy (non-hydrogen) atoms. The second kappa shape index (κ2) is 4.58. The Hall–Kier alpha value is 0.390. The molecular formula is C10H23OP. The molecule has 0 aliphatic rings. The fraction of sp³-hybridized carbons (Fsp3) is 1.00. The maximum absolute atomic E-state index is 10.3. The van der Waals surface area contributed by atoms with E-state index in [1.807, 2.05) is 0 Å². The van der Waals surface area contributed by atoms with Gasteiger partial charge in [0.15, 0.2) is 0 Å². The van der Waals surface area contributed by atoms with Gasteiger partial charge in [-0.2, -0.15) is 0 Å². The predicted molar refractivity (Wildman–Crippen MR) is 58.6 cm³/mol. The summed E-state index contributed by atoms with van der Waals surface area (Å²) in [5, 5.41) is 10.3. The van der Waals surface area contributed by atoms with Crippen molar-refractivity contribution in [3.63, 3.8) is 0 Å². The van der Waals surface area contributed by atoms with Gasteiger partial charge in [-0.1, -0.05) is 27.7 Å². The molecule has 0 amide bonds. The van der Waals surface area contributed by atoms with Crippen LogP contribution in [0, 0.1) is 0 Å². The van der Waals surface area contributed by atoms with Crippen LogP contribution in [0.2, 0.25) is 0 Å². The zero-order valence-electron chi connectivity index (χ0n) is 8.85. The van der Waals surface area contributed by atoms with Crippen LogP contribution >= 0.6 is 9.24 Å². The van der Waals surface area contributed by atoms with Crippen molar-refractivity contribution in [1.29, 1.82) is 0 Å². The third-order valence-corrected chi connectivity index (χ3v) is 4.71. The highest BCUT2D eigenvalue weighted by Crippen LogP contribution is 2.42. The summed E-state index contributed by atoms with van der Waals surface area (Å²) in [5.74, 6) is 0. The predicted octanol–water partition coefficient (Wildman–Crippen LogP) is 2.97. The van der Waals surface area contributed by atoms with E-state index in [1.165, 1.54) is 0 Å². The molecule has 0 radical (unpaired) electrons. The summed E-state index contributed by atoms with van der Waals surface area (Å²) in [7, 11) is 2.85. The van der Waals surface area contributed by atoms with Crippen molar-refractivity contribution in [2.45, 2.75) is 64.1 Å². The summed E-state index contributed by atoms with van der Waals surface area (Å²) in [6, 6.07) is 0. The molecule has 0 aliphatic heterocycles. The Morgan fingerprint density at radius 3 is 1.33 bits per heavy atom. The summed E-state index contributed by atoms with van der Waals surface area (Å²) < 4.78 is 0. The maximum Gasteiger partial charge on any atom is 0.0732 e. The van der Waals surface area contributed by atoms with Crippen LogP contribution in [0.3, 0.4) is 0 Å². The minimum Gasteiger partial charge on any atom is -0.389 e. The standard InChI is InChI=1S/C10H23OP/c1-5-9(11,6-2)10(12,7-3)8-4/h11H,5-8,12H2,1-4H3. The molecule has 0 aromatic carbocycles. The molecule has 1 N–H and O–H groups in total. The van der Waals surface area contributed by atoms with Crippen LogP contribution in [0.5, 0.6) is 0 Å². The molecule has 0 spiro atoms. The first-order valence-corrected chi connectivity index (χ1v) is 5.58. The first kappa shape index (κ1) is 12.4. The normalized spacial score (nSPS) is 13.5. The lowest BCUT2D eigenvalue weighted by atomic mass is 9.78. The van der Waals surface area contributed by atoms with Gasteiger partial charge in [-0.3, -0.25) is 0 Å². The van der Waals surface area contributed by atoms with Gasteiger partial charge in [0.25, 0.3) is 0 Å². The van der Waals surface area contributed by atoms with E-state index in [-0.39, 0.29) is 5.16 Å². The van der Waals surface area contributed by atoms with Crippen LogP contribution in [0.15, 0.2) is 0 Å². The first-order valence-electron chi connectivity index (χ1n) is 5.00. The van der Waals surface area contributed by atoms with Crippen LogP contribution in [-0.2, 0) is 0 Å². The van der Waals surface area contributed by atoms with Gasteiger partial charge in [0.05, 0.1) is 5.60 Å². The molecule has 1 unspecified atom stereocenters. The molecule has 0 saturated heterocycles. The Kier molecular flexibility index (Phi) is 4.73. The minimum atomic E-state index is -0.499. The van der Waals surface area contributed by atoms with Gasteiger partial charge in [0.2, 0.25) is 0 Å². The summed E-state index contributed by atoms with van der Waals surface area (Å²) >= 11 is 0. The zero-order chi connectivity index (χ0) is 9.83. The van der Waals surface area contributed by atoms with Crippen molar-refractivity contribution in [3.05, 3.63) is 0 Å². The quantitative estimate of drug-likeness (QED) is 0.661. The highest BCUT2D eigenvalue weighted by molar-refractivity contribution is 7.19. The van der Waals surface area contributed by atoms with Crippen molar-refractivity contribution < 1.29 is 5.11 Å². The molecule has 0 saturated carbocycles. The average Bonchev–Trinajstić information content (AvgIpc) is 2.15. The molecule has 2 heteroatoms. The van der Waals surface area contributed by atoms with Crippen molar-refractivity contribution >= 4 is 9.24 Å². The van der Waals surface area contributed by atoms with E-state index in [0.717, 1.165) is 25.7 Å². The monoisotopic (exact) mass is 190 g/mol. The summed E-state index contributed by atoms with van der Waals surface area (Å²) in [4.78, 5) is 0. The van der Waals surface area contributed by atoms with Gasteiger partial charge in [0.1, 0.15) is 0 Å². The summed E-state index contributed by atoms with van der Waals surface area (Å²) in [6.45, 7) is 8.42. The molecule has 1 atom stereocenters. The minimum absolute atomic E-state index is 0.0104. The molecule has 0 bridgehead atoms. The van der Waals surface area contributed by atoms with Gasteiger partial charge >= 0.3 is 0 Å². The third kappa shape index (κ3) is 2.00. The Morgan fingerprint density at radius 1 is 0.917 bits per heavy atom. The molecule has 0 rings (SSSR count). The molecular weight excluding hydrogens is 167 g/mol. The van der Waals surface area contributed by atoms with Crippen LogP contribution in [-0.4, -0.2) is 15.9 Å². The second-order valence-electron chi connectivity index (χ2n) is 3.60. The largest absolute Gasteiger partial charge is 0.389 e. The lowest BCUT2D eigenvalue weighted by molar-refractivity contribution is -0.0115. The fourth-order valence-electron chi connectivity index (χ4n) is 1.86.